The Morgan fingerprint density at radius 1 is 1.00 bits per heavy atom. The summed E-state index contributed by atoms with van der Waals surface area (Å²) in [6.45, 7) is 3.84. The Hall–Kier alpha value is -3.65. The van der Waals surface area contributed by atoms with Crippen LogP contribution in [0.4, 0.5) is 11.4 Å². The van der Waals surface area contributed by atoms with E-state index in [1.807, 2.05) is 36.4 Å². The molecule has 1 unspecified atom stereocenters. The van der Waals surface area contributed by atoms with Crippen molar-refractivity contribution in [2.75, 3.05) is 35.6 Å². The van der Waals surface area contributed by atoms with Gasteiger partial charge in [0, 0.05) is 37.4 Å². The Bertz CT molecular complexity index is 1310. The number of amides is 2. The highest BCUT2D eigenvalue weighted by atomic mass is 32.2. The molecule has 3 aromatic carbocycles. The molecule has 4 rings (SSSR count). The summed E-state index contributed by atoms with van der Waals surface area (Å²) >= 11 is 0. The highest BCUT2D eigenvalue weighted by Crippen LogP contribution is 2.28. The van der Waals surface area contributed by atoms with Crippen LogP contribution in [0.2, 0.25) is 0 Å². The molecule has 0 bridgehead atoms. The van der Waals surface area contributed by atoms with Crippen LogP contribution in [-0.4, -0.2) is 45.6 Å². The van der Waals surface area contributed by atoms with Gasteiger partial charge in [-0.1, -0.05) is 48.5 Å². The van der Waals surface area contributed by atoms with Gasteiger partial charge in [-0.05, 0) is 54.8 Å². The van der Waals surface area contributed by atoms with Crippen molar-refractivity contribution >= 4 is 33.0 Å². The van der Waals surface area contributed by atoms with Gasteiger partial charge in [0.1, 0.15) is 0 Å². The third-order valence-corrected chi connectivity index (χ3v) is 8.16. The fourth-order valence-electron chi connectivity index (χ4n) is 4.42. The lowest BCUT2D eigenvalue weighted by Crippen LogP contribution is -2.38. The average Bonchev–Trinajstić information content (AvgIpc) is 2.90. The molecule has 0 radical (unpaired) electrons. The predicted octanol–water partition coefficient (Wildman–Crippen LogP) is 3.77. The van der Waals surface area contributed by atoms with E-state index in [2.05, 4.69) is 22.5 Å². The zero-order valence-corrected chi connectivity index (χ0v) is 21.1. The third-order valence-electron chi connectivity index (χ3n) is 6.42. The second-order valence-electron chi connectivity index (χ2n) is 8.82. The number of aryl methyl sites for hydroxylation is 1. The number of hydrogen-bond donors (Lipinski definition) is 2. The van der Waals surface area contributed by atoms with Gasteiger partial charge in [-0.2, -0.15) is 0 Å². The quantitative estimate of drug-likeness (QED) is 0.437. The van der Waals surface area contributed by atoms with Gasteiger partial charge in [0.05, 0.1) is 16.6 Å². The highest BCUT2D eigenvalue weighted by Gasteiger charge is 2.29. The molecule has 7 nitrogen and oxygen atoms in total. The van der Waals surface area contributed by atoms with Crippen molar-refractivity contribution < 1.29 is 18.0 Å². The van der Waals surface area contributed by atoms with Crippen molar-refractivity contribution in [3.8, 4) is 0 Å². The van der Waals surface area contributed by atoms with Crippen LogP contribution in [0.5, 0.6) is 0 Å². The average molecular weight is 506 g/mol. The number of fused-ring (bicyclic) bond motifs is 1. The van der Waals surface area contributed by atoms with E-state index in [9.17, 15) is 18.0 Å². The molecule has 3 aromatic rings. The molecule has 1 heterocycles. The Balaban J connectivity index is 1.49. The van der Waals surface area contributed by atoms with Crippen LogP contribution in [0.25, 0.3) is 0 Å². The summed E-state index contributed by atoms with van der Waals surface area (Å²) in [6.07, 6.45) is 0.811. The number of carbonyl (C=O) groups excluding carboxylic acids is 2. The van der Waals surface area contributed by atoms with E-state index in [1.54, 1.807) is 36.4 Å². The van der Waals surface area contributed by atoms with Crippen LogP contribution in [0, 0.1) is 0 Å². The number of carbonyl (C=O) groups is 2. The first-order chi connectivity index (χ1) is 17.4. The number of rotatable bonds is 10. The maximum Gasteiger partial charge on any atom is 0.228 e. The van der Waals surface area contributed by atoms with Crippen molar-refractivity contribution in [1.82, 2.24) is 5.32 Å². The summed E-state index contributed by atoms with van der Waals surface area (Å²) in [6, 6.07) is 23.7. The topological polar surface area (TPSA) is 95.6 Å². The number of sulfone groups is 1. The summed E-state index contributed by atoms with van der Waals surface area (Å²) in [4.78, 5) is 27.2. The number of anilines is 2. The maximum atomic E-state index is 13.4. The second kappa shape index (κ2) is 11.4. The number of nitrogens with one attached hydrogen (secondary N) is 2. The first-order valence-corrected chi connectivity index (χ1v) is 13.8. The highest BCUT2D eigenvalue weighted by molar-refractivity contribution is 7.91. The Kier molecular flexibility index (Phi) is 8.05. The molecule has 0 aliphatic carbocycles. The van der Waals surface area contributed by atoms with Gasteiger partial charge in [0.2, 0.25) is 11.8 Å². The minimum Gasteiger partial charge on any atom is -0.370 e. The maximum absolute atomic E-state index is 13.4. The van der Waals surface area contributed by atoms with Gasteiger partial charge < -0.3 is 15.5 Å². The van der Waals surface area contributed by atoms with Crippen LogP contribution in [-0.2, 0) is 25.8 Å². The number of nitrogens with zero attached hydrogens (tertiary/aromatic N) is 1. The van der Waals surface area contributed by atoms with Crippen molar-refractivity contribution in [3.63, 3.8) is 0 Å². The smallest absolute Gasteiger partial charge is 0.228 e. The van der Waals surface area contributed by atoms with Gasteiger partial charge in [-0.25, -0.2) is 8.42 Å². The van der Waals surface area contributed by atoms with E-state index in [0.717, 1.165) is 17.8 Å². The zero-order valence-electron chi connectivity index (χ0n) is 20.3. The van der Waals surface area contributed by atoms with E-state index in [1.165, 1.54) is 6.07 Å². The summed E-state index contributed by atoms with van der Waals surface area (Å²) in [5, 5.41) is 5.72. The van der Waals surface area contributed by atoms with Gasteiger partial charge in [0.15, 0.2) is 9.84 Å². The molecule has 0 aromatic heterocycles. The Labute approximate surface area is 212 Å². The molecular formula is C28H31N3O4S. The number of benzene rings is 3. The van der Waals surface area contributed by atoms with Gasteiger partial charge in [0.25, 0.3) is 0 Å². The molecule has 2 amide bonds. The number of likely N-dealkylation sites (N-methyl/N-ethyl adjacent to an activating group) is 1. The predicted molar refractivity (Wildman–Crippen MR) is 142 cm³/mol. The summed E-state index contributed by atoms with van der Waals surface area (Å²) in [5.41, 5.74) is 3.15. The minimum absolute atomic E-state index is 0.0761. The Morgan fingerprint density at radius 2 is 1.69 bits per heavy atom. The van der Waals surface area contributed by atoms with Gasteiger partial charge >= 0.3 is 0 Å². The molecule has 0 spiro atoms. The molecular weight excluding hydrogens is 474 g/mol. The second-order valence-corrected chi connectivity index (χ2v) is 10.9. The molecule has 8 heteroatoms. The third kappa shape index (κ3) is 6.12. The summed E-state index contributed by atoms with van der Waals surface area (Å²) in [7, 11) is -3.77. The van der Waals surface area contributed by atoms with Gasteiger partial charge in [-0.3, -0.25) is 9.59 Å². The largest absolute Gasteiger partial charge is 0.370 e. The van der Waals surface area contributed by atoms with E-state index in [4.69, 9.17) is 0 Å². The van der Waals surface area contributed by atoms with Crippen LogP contribution in [0.15, 0.2) is 83.8 Å². The molecule has 188 valence electrons. The first-order valence-electron chi connectivity index (χ1n) is 12.2. The van der Waals surface area contributed by atoms with Crippen LogP contribution in [0.1, 0.15) is 30.4 Å². The molecule has 2 N–H and O–H groups in total. The fraction of sp³-hybridized carbons (Fsp3) is 0.286. The Morgan fingerprint density at radius 3 is 2.39 bits per heavy atom. The van der Waals surface area contributed by atoms with E-state index in [-0.39, 0.29) is 22.5 Å². The van der Waals surface area contributed by atoms with Crippen molar-refractivity contribution in [3.05, 3.63) is 90.0 Å². The van der Waals surface area contributed by atoms with Crippen LogP contribution >= 0.6 is 0 Å². The molecule has 36 heavy (non-hydrogen) atoms. The molecule has 0 fully saturated rings. The van der Waals surface area contributed by atoms with E-state index in [0.29, 0.717) is 37.2 Å². The first kappa shape index (κ1) is 25.4. The van der Waals surface area contributed by atoms with Crippen LogP contribution in [0.3, 0.4) is 0 Å². The minimum atomic E-state index is -3.77. The zero-order chi connectivity index (χ0) is 25.5. The molecule has 1 aliphatic rings. The summed E-state index contributed by atoms with van der Waals surface area (Å²) < 4.78 is 26.8. The molecule has 1 aliphatic heterocycles. The fourth-order valence-corrected chi connectivity index (χ4v) is 6.00. The molecule has 1 atom stereocenters. The number of para-hydroxylation sites is 1. The van der Waals surface area contributed by atoms with E-state index >= 15 is 0 Å². The normalized spacial score (nSPS) is 13.9. The lowest BCUT2D eigenvalue weighted by molar-refractivity contribution is -0.122. The van der Waals surface area contributed by atoms with Crippen molar-refractivity contribution in [1.29, 1.82) is 0 Å². The van der Waals surface area contributed by atoms with Crippen molar-refractivity contribution in [2.45, 2.75) is 30.6 Å². The molecule has 0 saturated carbocycles. The SMILES string of the molecule is CCN(CCNC(=O)C(CS(=O)(=O)c1ccc2c(c1)CCC(=O)N2)c1ccccc1)c1ccccc1. The molecule has 0 saturated heterocycles. The van der Waals surface area contributed by atoms with Crippen molar-refractivity contribution in [2.24, 2.45) is 0 Å². The van der Waals surface area contributed by atoms with Gasteiger partial charge in [-0.15, -0.1) is 0 Å². The lowest BCUT2D eigenvalue weighted by atomic mass is 10.0. The standard InChI is InChI=1S/C28H31N3O4S/c1-2-31(23-11-7-4-8-12-23)18-17-29-28(33)25(21-9-5-3-6-10-21)20-36(34,35)24-14-15-26-22(19-24)13-16-27(32)30-26/h3-12,14-15,19,25H,2,13,16-18,20H2,1H3,(H,29,33)(H,30,32). The monoisotopic (exact) mass is 505 g/mol. The number of hydrogen-bond acceptors (Lipinski definition) is 5. The summed E-state index contributed by atoms with van der Waals surface area (Å²) in [5.74, 6) is -1.59. The lowest BCUT2D eigenvalue weighted by Gasteiger charge is -2.24. The van der Waals surface area contributed by atoms with Crippen LogP contribution < -0.4 is 15.5 Å². The van der Waals surface area contributed by atoms with E-state index < -0.39 is 15.8 Å².